The third kappa shape index (κ3) is 11.8. The van der Waals surface area contributed by atoms with Crippen molar-refractivity contribution in [1.29, 1.82) is 0 Å². The summed E-state index contributed by atoms with van der Waals surface area (Å²) in [6.07, 6.45) is 0.573. The van der Waals surface area contributed by atoms with Gasteiger partial charge in [0.1, 0.15) is 18.1 Å². The zero-order valence-electron chi connectivity index (χ0n) is 17.1. The molecule has 0 saturated carbocycles. The second-order valence-electron chi connectivity index (χ2n) is 6.61. The zero-order valence-corrected chi connectivity index (χ0v) is 17.9. The molecule has 0 aliphatic carbocycles. The minimum Gasteiger partial charge on any atom is -0.481 e. The van der Waals surface area contributed by atoms with E-state index < -0.39 is 72.6 Å². The summed E-state index contributed by atoms with van der Waals surface area (Å²) in [5, 5.41) is 33.1. The third-order valence-corrected chi connectivity index (χ3v) is 4.64. The number of carboxylic acid groups (broad SMARTS) is 3. The molecule has 13 nitrogen and oxygen atoms in total. The van der Waals surface area contributed by atoms with Crippen LogP contribution in [0.1, 0.15) is 32.6 Å². The summed E-state index contributed by atoms with van der Waals surface area (Å²) in [5.41, 5.74) is 5.74. The Morgan fingerprint density at radius 3 is 1.90 bits per heavy atom. The van der Waals surface area contributed by atoms with Crippen molar-refractivity contribution in [2.24, 2.45) is 5.73 Å². The highest BCUT2D eigenvalue weighted by molar-refractivity contribution is 7.98. The zero-order chi connectivity index (χ0) is 24.1. The van der Waals surface area contributed by atoms with Gasteiger partial charge in [-0.3, -0.25) is 24.0 Å². The molecule has 0 aromatic rings. The fourth-order valence-electron chi connectivity index (χ4n) is 2.24. The van der Waals surface area contributed by atoms with Crippen LogP contribution < -0.4 is 21.7 Å². The molecule has 0 aliphatic rings. The third-order valence-electron chi connectivity index (χ3n) is 3.99. The Bertz CT molecular complexity index is 689. The Kier molecular flexibility index (Phi) is 12.9. The molecule has 14 heteroatoms. The summed E-state index contributed by atoms with van der Waals surface area (Å²) in [7, 11) is 0. The number of hydrogen-bond donors (Lipinski definition) is 7. The van der Waals surface area contributed by atoms with Gasteiger partial charge in [0.05, 0.1) is 12.5 Å². The van der Waals surface area contributed by atoms with Gasteiger partial charge in [-0.1, -0.05) is 0 Å². The molecule has 0 radical (unpaired) electrons. The van der Waals surface area contributed by atoms with E-state index in [0.29, 0.717) is 12.2 Å². The molecule has 0 heterocycles. The monoisotopic (exact) mass is 464 g/mol. The largest absolute Gasteiger partial charge is 0.481 e. The van der Waals surface area contributed by atoms with Gasteiger partial charge in [-0.25, -0.2) is 4.79 Å². The molecule has 176 valence electrons. The van der Waals surface area contributed by atoms with Gasteiger partial charge >= 0.3 is 17.9 Å². The maximum Gasteiger partial charge on any atom is 0.326 e. The lowest BCUT2D eigenvalue weighted by Crippen LogP contribution is -2.56. The highest BCUT2D eigenvalue weighted by Crippen LogP contribution is 2.03. The van der Waals surface area contributed by atoms with Crippen LogP contribution in [0.15, 0.2) is 0 Å². The predicted octanol–water partition coefficient (Wildman–Crippen LogP) is -2.03. The fourth-order valence-corrected chi connectivity index (χ4v) is 2.73. The van der Waals surface area contributed by atoms with Crippen LogP contribution in [-0.4, -0.2) is 87.1 Å². The molecular weight excluding hydrogens is 436 g/mol. The maximum atomic E-state index is 12.5. The van der Waals surface area contributed by atoms with E-state index in [-0.39, 0.29) is 6.42 Å². The van der Waals surface area contributed by atoms with Gasteiger partial charge in [-0.15, -0.1) is 0 Å². The number of rotatable bonds is 15. The first-order valence-electron chi connectivity index (χ1n) is 9.21. The summed E-state index contributed by atoms with van der Waals surface area (Å²) in [4.78, 5) is 69.4. The fraction of sp³-hybridized carbons (Fsp3) is 0.647. The highest BCUT2D eigenvalue weighted by atomic mass is 32.2. The van der Waals surface area contributed by atoms with Gasteiger partial charge in [0.25, 0.3) is 0 Å². The number of amides is 3. The minimum atomic E-state index is -1.71. The Morgan fingerprint density at radius 1 is 0.839 bits per heavy atom. The average Bonchev–Trinajstić information content (AvgIpc) is 2.67. The van der Waals surface area contributed by atoms with Crippen LogP contribution in [-0.2, 0) is 28.8 Å². The van der Waals surface area contributed by atoms with Crippen molar-refractivity contribution in [3.8, 4) is 0 Å². The number of thioether (sulfide) groups is 1. The van der Waals surface area contributed by atoms with Gasteiger partial charge in [0.2, 0.25) is 17.7 Å². The molecule has 4 unspecified atom stereocenters. The van der Waals surface area contributed by atoms with E-state index in [1.54, 1.807) is 0 Å². The van der Waals surface area contributed by atoms with Crippen LogP contribution in [0.4, 0.5) is 0 Å². The van der Waals surface area contributed by atoms with Crippen LogP contribution in [0.5, 0.6) is 0 Å². The molecule has 0 aliphatic heterocycles. The van der Waals surface area contributed by atoms with Gasteiger partial charge < -0.3 is 37.0 Å². The van der Waals surface area contributed by atoms with Crippen molar-refractivity contribution in [2.75, 3.05) is 12.0 Å². The Morgan fingerprint density at radius 2 is 1.42 bits per heavy atom. The Labute approximate surface area is 182 Å². The molecule has 31 heavy (non-hydrogen) atoms. The van der Waals surface area contributed by atoms with Gasteiger partial charge in [0, 0.05) is 6.42 Å². The van der Waals surface area contributed by atoms with Crippen LogP contribution in [0, 0.1) is 0 Å². The molecule has 0 aromatic heterocycles. The van der Waals surface area contributed by atoms with E-state index in [1.165, 1.54) is 18.7 Å². The molecule has 3 amide bonds. The molecule has 0 fully saturated rings. The second-order valence-corrected chi connectivity index (χ2v) is 7.59. The number of nitrogens with two attached hydrogens (primary N) is 1. The molecule has 0 bridgehead atoms. The standard InChI is InChI=1S/C17H28N4O9S/c1-8(14(26)21-11(17(29)30)7-13(24)25)19-16(28)10(3-4-12(22)23)20-15(27)9(18)5-6-31-2/h8-11H,3-7,18H2,1-2H3,(H,19,28)(H,20,27)(H,21,26)(H,22,23)(H,24,25)(H,29,30). The summed E-state index contributed by atoms with van der Waals surface area (Å²) in [6.45, 7) is 1.22. The minimum absolute atomic E-state index is 0.271. The van der Waals surface area contributed by atoms with E-state index in [1.807, 2.05) is 11.6 Å². The van der Waals surface area contributed by atoms with Crippen molar-refractivity contribution in [1.82, 2.24) is 16.0 Å². The molecule has 0 saturated heterocycles. The smallest absolute Gasteiger partial charge is 0.326 e. The topological polar surface area (TPSA) is 225 Å². The Balaban J connectivity index is 5.10. The van der Waals surface area contributed by atoms with Crippen LogP contribution in [0.2, 0.25) is 0 Å². The van der Waals surface area contributed by atoms with E-state index >= 15 is 0 Å². The lowest BCUT2D eigenvalue weighted by atomic mass is 10.1. The number of aliphatic carboxylic acids is 3. The summed E-state index contributed by atoms with van der Waals surface area (Å²) in [6, 6.07) is -5.21. The van der Waals surface area contributed by atoms with Crippen LogP contribution in [0.25, 0.3) is 0 Å². The van der Waals surface area contributed by atoms with Gasteiger partial charge in [-0.05, 0) is 31.8 Å². The summed E-state index contributed by atoms with van der Waals surface area (Å²) >= 11 is 1.47. The molecule has 0 spiro atoms. The van der Waals surface area contributed by atoms with Crippen molar-refractivity contribution < 1.29 is 44.1 Å². The summed E-state index contributed by atoms with van der Waals surface area (Å²) < 4.78 is 0. The van der Waals surface area contributed by atoms with E-state index in [4.69, 9.17) is 21.1 Å². The van der Waals surface area contributed by atoms with Crippen LogP contribution >= 0.6 is 11.8 Å². The van der Waals surface area contributed by atoms with Crippen molar-refractivity contribution in [3.05, 3.63) is 0 Å². The summed E-state index contributed by atoms with van der Waals surface area (Å²) in [5.74, 6) is -6.13. The molecule has 0 rings (SSSR count). The number of carbonyl (C=O) groups excluding carboxylic acids is 3. The van der Waals surface area contributed by atoms with E-state index in [0.717, 1.165) is 0 Å². The lowest BCUT2D eigenvalue weighted by molar-refractivity contribution is -0.147. The predicted molar refractivity (Wildman–Crippen MR) is 109 cm³/mol. The van der Waals surface area contributed by atoms with Gasteiger partial charge in [-0.2, -0.15) is 11.8 Å². The number of carboxylic acids is 3. The van der Waals surface area contributed by atoms with Gasteiger partial charge in [0.15, 0.2) is 0 Å². The van der Waals surface area contributed by atoms with Crippen molar-refractivity contribution in [3.63, 3.8) is 0 Å². The second kappa shape index (κ2) is 14.2. The average molecular weight is 464 g/mol. The van der Waals surface area contributed by atoms with Crippen LogP contribution in [0.3, 0.4) is 0 Å². The first-order valence-corrected chi connectivity index (χ1v) is 10.6. The lowest BCUT2D eigenvalue weighted by Gasteiger charge is -2.23. The Hall–Kier alpha value is -2.87. The first-order chi connectivity index (χ1) is 14.4. The maximum absolute atomic E-state index is 12.5. The molecule has 8 N–H and O–H groups in total. The van der Waals surface area contributed by atoms with E-state index in [2.05, 4.69) is 10.6 Å². The van der Waals surface area contributed by atoms with Crippen molar-refractivity contribution in [2.45, 2.75) is 56.8 Å². The SMILES string of the molecule is CSCCC(N)C(=O)NC(CCC(=O)O)C(=O)NC(C)C(=O)NC(CC(=O)O)C(=O)O. The highest BCUT2D eigenvalue weighted by Gasteiger charge is 2.29. The normalized spacial score (nSPS) is 14.4. The molecule has 4 atom stereocenters. The number of carbonyl (C=O) groups is 6. The number of hydrogen-bond acceptors (Lipinski definition) is 8. The van der Waals surface area contributed by atoms with Crippen molar-refractivity contribution >= 4 is 47.4 Å². The quantitative estimate of drug-likeness (QED) is 0.140. The molecular formula is C17H28N4O9S. The molecule has 0 aromatic carbocycles. The first kappa shape index (κ1) is 28.1. The number of nitrogens with one attached hydrogen (secondary N) is 3. The van der Waals surface area contributed by atoms with E-state index in [9.17, 15) is 28.8 Å².